The van der Waals surface area contributed by atoms with E-state index in [0.717, 1.165) is 37.1 Å². The first kappa shape index (κ1) is 16.0. The molecule has 0 spiro atoms. The molecule has 4 nitrogen and oxygen atoms in total. The number of nitrogens with zero attached hydrogens (tertiary/aromatic N) is 1. The molecule has 0 radical (unpaired) electrons. The Morgan fingerprint density at radius 3 is 2.86 bits per heavy atom. The summed E-state index contributed by atoms with van der Waals surface area (Å²) >= 11 is 0. The van der Waals surface area contributed by atoms with Gasteiger partial charge in [-0.2, -0.15) is 0 Å². The van der Waals surface area contributed by atoms with Crippen LogP contribution in [-0.4, -0.2) is 41.1 Å². The molecule has 2 rings (SSSR count). The number of hydrogen-bond donors (Lipinski definition) is 2. The summed E-state index contributed by atoms with van der Waals surface area (Å²) in [5, 5.41) is 12.8. The maximum atomic E-state index is 12.3. The molecule has 0 aromatic heterocycles. The molecule has 2 unspecified atom stereocenters. The molecule has 1 aromatic rings. The fourth-order valence-electron chi connectivity index (χ4n) is 3.09. The van der Waals surface area contributed by atoms with Crippen molar-refractivity contribution in [1.82, 2.24) is 4.90 Å². The van der Waals surface area contributed by atoms with Gasteiger partial charge in [-0.25, -0.2) is 0 Å². The Bertz CT molecular complexity index is 500. The van der Waals surface area contributed by atoms with Crippen molar-refractivity contribution >= 4 is 11.6 Å². The van der Waals surface area contributed by atoms with Gasteiger partial charge >= 0.3 is 0 Å². The van der Waals surface area contributed by atoms with E-state index in [1.165, 1.54) is 5.56 Å². The van der Waals surface area contributed by atoms with Crippen LogP contribution in [0.3, 0.4) is 0 Å². The van der Waals surface area contributed by atoms with Crippen LogP contribution in [0, 0.1) is 13.8 Å². The number of aryl methyl sites for hydroxylation is 2. The Balaban J connectivity index is 1.97. The number of likely N-dealkylation sites (tertiary alicyclic amines) is 1. The average molecular weight is 290 g/mol. The first-order valence-corrected chi connectivity index (χ1v) is 7.76. The minimum atomic E-state index is -0.390. The molecule has 1 aliphatic rings. The van der Waals surface area contributed by atoms with Crippen LogP contribution in [0.15, 0.2) is 18.2 Å². The van der Waals surface area contributed by atoms with Crippen LogP contribution in [-0.2, 0) is 4.79 Å². The van der Waals surface area contributed by atoms with E-state index in [4.69, 9.17) is 0 Å². The fourth-order valence-corrected chi connectivity index (χ4v) is 3.09. The van der Waals surface area contributed by atoms with Crippen LogP contribution >= 0.6 is 0 Å². The number of carbonyl (C=O) groups is 1. The Morgan fingerprint density at radius 1 is 1.43 bits per heavy atom. The Hall–Kier alpha value is -1.39. The van der Waals surface area contributed by atoms with Crippen molar-refractivity contribution in [2.24, 2.45) is 0 Å². The molecule has 4 heteroatoms. The topological polar surface area (TPSA) is 52.6 Å². The van der Waals surface area contributed by atoms with Crippen molar-refractivity contribution in [2.45, 2.75) is 52.2 Å². The van der Waals surface area contributed by atoms with Crippen LogP contribution in [0.4, 0.5) is 5.69 Å². The van der Waals surface area contributed by atoms with Crippen molar-refractivity contribution in [3.63, 3.8) is 0 Å². The first-order chi connectivity index (χ1) is 9.97. The Kier molecular flexibility index (Phi) is 5.37. The maximum absolute atomic E-state index is 12.3. The summed E-state index contributed by atoms with van der Waals surface area (Å²) in [7, 11) is 0. The van der Waals surface area contributed by atoms with E-state index in [-0.39, 0.29) is 18.1 Å². The minimum Gasteiger partial charge on any atom is -0.392 e. The van der Waals surface area contributed by atoms with Crippen molar-refractivity contribution < 1.29 is 9.90 Å². The zero-order chi connectivity index (χ0) is 15.4. The van der Waals surface area contributed by atoms with E-state index in [1.54, 1.807) is 0 Å². The standard InChI is InChI=1S/C17H26N2O2/c1-12-7-8-15(13(2)10-12)18-17(21)11-19-9-5-4-6-16(19)14(3)20/h7-8,10,14,16,20H,4-6,9,11H2,1-3H3,(H,18,21). The molecule has 21 heavy (non-hydrogen) atoms. The molecule has 2 N–H and O–H groups in total. The predicted molar refractivity (Wildman–Crippen MR) is 85.4 cm³/mol. The molecular formula is C17H26N2O2. The highest BCUT2D eigenvalue weighted by atomic mass is 16.3. The molecule has 1 aromatic carbocycles. The minimum absolute atomic E-state index is 0.00509. The normalized spacial score (nSPS) is 21.0. The van der Waals surface area contributed by atoms with Crippen LogP contribution in [0.5, 0.6) is 0 Å². The lowest BCUT2D eigenvalue weighted by Crippen LogP contribution is -2.48. The quantitative estimate of drug-likeness (QED) is 0.895. The number of carbonyl (C=O) groups excluding carboxylic acids is 1. The fraction of sp³-hybridized carbons (Fsp3) is 0.588. The van der Waals surface area contributed by atoms with Crippen LogP contribution < -0.4 is 5.32 Å². The zero-order valence-corrected chi connectivity index (χ0v) is 13.2. The van der Waals surface area contributed by atoms with Gasteiger partial charge in [0.05, 0.1) is 12.6 Å². The number of piperidine rings is 1. The molecule has 1 amide bonds. The van der Waals surface area contributed by atoms with Gasteiger partial charge in [-0.3, -0.25) is 9.69 Å². The summed E-state index contributed by atoms with van der Waals surface area (Å²) in [6.45, 7) is 7.09. The summed E-state index contributed by atoms with van der Waals surface area (Å²) in [4.78, 5) is 14.4. The van der Waals surface area contributed by atoms with Gasteiger partial charge in [-0.15, -0.1) is 0 Å². The number of aliphatic hydroxyl groups is 1. The third-order valence-corrected chi connectivity index (χ3v) is 4.22. The molecular weight excluding hydrogens is 264 g/mol. The molecule has 2 atom stereocenters. The van der Waals surface area contributed by atoms with E-state index >= 15 is 0 Å². The van der Waals surface area contributed by atoms with Crippen molar-refractivity contribution in [1.29, 1.82) is 0 Å². The number of rotatable bonds is 4. The summed E-state index contributed by atoms with van der Waals surface area (Å²) in [5.41, 5.74) is 3.14. The van der Waals surface area contributed by atoms with Gasteiger partial charge in [-0.1, -0.05) is 24.1 Å². The zero-order valence-electron chi connectivity index (χ0n) is 13.2. The lowest BCUT2D eigenvalue weighted by Gasteiger charge is -2.36. The number of benzene rings is 1. The van der Waals surface area contributed by atoms with Gasteiger partial charge in [0.25, 0.3) is 0 Å². The van der Waals surface area contributed by atoms with E-state index in [2.05, 4.69) is 16.3 Å². The van der Waals surface area contributed by atoms with Crippen LogP contribution in [0.25, 0.3) is 0 Å². The molecule has 116 valence electrons. The van der Waals surface area contributed by atoms with E-state index < -0.39 is 0 Å². The van der Waals surface area contributed by atoms with E-state index in [0.29, 0.717) is 6.54 Å². The van der Waals surface area contributed by atoms with Gasteiger partial charge in [-0.05, 0) is 51.8 Å². The van der Waals surface area contributed by atoms with Crippen molar-refractivity contribution in [3.8, 4) is 0 Å². The number of aliphatic hydroxyl groups excluding tert-OH is 1. The van der Waals surface area contributed by atoms with Gasteiger partial charge in [0.1, 0.15) is 0 Å². The second-order valence-corrected chi connectivity index (χ2v) is 6.14. The molecule has 1 heterocycles. The number of anilines is 1. The van der Waals surface area contributed by atoms with Crippen molar-refractivity contribution in [3.05, 3.63) is 29.3 Å². The number of amides is 1. The maximum Gasteiger partial charge on any atom is 0.238 e. The highest BCUT2D eigenvalue weighted by Gasteiger charge is 2.27. The number of nitrogens with one attached hydrogen (secondary N) is 1. The molecule has 1 aliphatic heterocycles. The van der Waals surface area contributed by atoms with Crippen LogP contribution in [0.1, 0.15) is 37.3 Å². The molecule has 1 saturated heterocycles. The van der Waals surface area contributed by atoms with Gasteiger partial charge in [0, 0.05) is 11.7 Å². The lowest BCUT2D eigenvalue weighted by atomic mass is 9.98. The molecule has 0 saturated carbocycles. The Morgan fingerprint density at radius 2 is 2.19 bits per heavy atom. The second kappa shape index (κ2) is 7.05. The van der Waals surface area contributed by atoms with E-state index in [9.17, 15) is 9.90 Å². The molecule has 1 fully saturated rings. The van der Waals surface area contributed by atoms with Crippen LogP contribution in [0.2, 0.25) is 0 Å². The van der Waals surface area contributed by atoms with Gasteiger partial charge in [0.2, 0.25) is 5.91 Å². The monoisotopic (exact) mass is 290 g/mol. The SMILES string of the molecule is Cc1ccc(NC(=O)CN2CCCCC2C(C)O)c(C)c1. The predicted octanol–water partition coefficient (Wildman–Crippen LogP) is 2.48. The number of hydrogen-bond acceptors (Lipinski definition) is 3. The summed E-state index contributed by atoms with van der Waals surface area (Å²) in [6, 6.07) is 6.12. The largest absolute Gasteiger partial charge is 0.392 e. The third-order valence-electron chi connectivity index (χ3n) is 4.22. The highest BCUT2D eigenvalue weighted by molar-refractivity contribution is 5.93. The second-order valence-electron chi connectivity index (χ2n) is 6.14. The molecule has 0 bridgehead atoms. The Labute approximate surface area is 127 Å². The average Bonchev–Trinajstić information content (AvgIpc) is 2.42. The molecule has 0 aliphatic carbocycles. The summed E-state index contributed by atoms with van der Waals surface area (Å²) in [6.07, 6.45) is 2.80. The summed E-state index contributed by atoms with van der Waals surface area (Å²) < 4.78 is 0. The third kappa shape index (κ3) is 4.29. The van der Waals surface area contributed by atoms with E-state index in [1.807, 2.05) is 32.9 Å². The van der Waals surface area contributed by atoms with Gasteiger partial charge in [0.15, 0.2) is 0 Å². The van der Waals surface area contributed by atoms with Gasteiger partial charge < -0.3 is 10.4 Å². The lowest BCUT2D eigenvalue weighted by molar-refractivity contribution is -0.118. The smallest absolute Gasteiger partial charge is 0.238 e. The first-order valence-electron chi connectivity index (χ1n) is 7.76. The highest BCUT2D eigenvalue weighted by Crippen LogP contribution is 2.20. The summed E-state index contributed by atoms with van der Waals surface area (Å²) in [5.74, 6) is -0.00509. The van der Waals surface area contributed by atoms with Crippen molar-refractivity contribution in [2.75, 3.05) is 18.4 Å².